The molecule has 1 rings (SSSR count). The molecule has 3 heteroatoms. The first-order valence-electron chi connectivity index (χ1n) is 4.47. The summed E-state index contributed by atoms with van der Waals surface area (Å²) in [5, 5.41) is 18.3. The van der Waals surface area contributed by atoms with E-state index in [9.17, 15) is 9.90 Å². The smallest absolute Gasteiger partial charge is 0.331 e. The lowest BCUT2D eigenvalue weighted by molar-refractivity contribution is -0.134. The van der Waals surface area contributed by atoms with Gasteiger partial charge in [-0.25, -0.2) is 4.79 Å². The summed E-state index contributed by atoms with van der Waals surface area (Å²) in [6.45, 7) is 5.86. The predicted molar refractivity (Wildman–Crippen MR) is 49.3 cm³/mol. The van der Waals surface area contributed by atoms with Crippen LogP contribution in [0, 0.1) is 11.3 Å². The van der Waals surface area contributed by atoms with Gasteiger partial charge in [0.25, 0.3) is 0 Å². The van der Waals surface area contributed by atoms with Gasteiger partial charge in [-0.1, -0.05) is 20.8 Å². The van der Waals surface area contributed by atoms with Crippen LogP contribution in [0.1, 0.15) is 27.2 Å². The zero-order chi connectivity index (χ0) is 10.2. The van der Waals surface area contributed by atoms with Crippen LogP contribution >= 0.6 is 0 Å². The monoisotopic (exact) mass is 184 g/mol. The van der Waals surface area contributed by atoms with Crippen molar-refractivity contribution in [1.29, 1.82) is 0 Å². The van der Waals surface area contributed by atoms with E-state index in [-0.39, 0.29) is 11.3 Å². The molecule has 2 atom stereocenters. The van der Waals surface area contributed by atoms with Gasteiger partial charge in [0, 0.05) is 5.57 Å². The van der Waals surface area contributed by atoms with Crippen LogP contribution in [0.2, 0.25) is 0 Å². The molecule has 0 fully saturated rings. The van der Waals surface area contributed by atoms with Crippen LogP contribution in [0.15, 0.2) is 11.6 Å². The molecule has 0 spiro atoms. The summed E-state index contributed by atoms with van der Waals surface area (Å²) in [4.78, 5) is 10.8. The molecule has 3 nitrogen and oxygen atoms in total. The van der Waals surface area contributed by atoms with Crippen LogP contribution in [0.5, 0.6) is 0 Å². The number of rotatable bonds is 1. The van der Waals surface area contributed by atoms with Crippen molar-refractivity contribution < 1.29 is 15.0 Å². The first-order valence-corrected chi connectivity index (χ1v) is 4.47. The molecular formula is C10H16O3. The van der Waals surface area contributed by atoms with Gasteiger partial charge in [-0.15, -0.1) is 0 Å². The Labute approximate surface area is 78.1 Å². The Hall–Kier alpha value is -0.830. The summed E-state index contributed by atoms with van der Waals surface area (Å²) in [7, 11) is 0. The highest BCUT2D eigenvalue weighted by Gasteiger charge is 2.37. The van der Waals surface area contributed by atoms with Crippen LogP contribution in [0.4, 0.5) is 0 Å². The van der Waals surface area contributed by atoms with Crippen LogP contribution < -0.4 is 0 Å². The van der Waals surface area contributed by atoms with Gasteiger partial charge in [-0.2, -0.15) is 0 Å². The van der Waals surface area contributed by atoms with Crippen LogP contribution in [-0.4, -0.2) is 22.3 Å². The Morgan fingerprint density at radius 1 is 1.62 bits per heavy atom. The van der Waals surface area contributed by atoms with E-state index in [2.05, 4.69) is 0 Å². The number of aliphatic hydroxyl groups excluding tert-OH is 1. The lowest BCUT2D eigenvalue weighted by Gasteiger charge is -2.37. The van der Waals surface area contributed by atoms with E-state index in [0.29, 0.717) is 12.0 Å². The third-order valence-corrected chi connectivity index (χ3v) is 2.99. The van der Waals surface area contributed by atoms with Gasteiger partial charge >= 0.3 is 5.97 Å². The average Bonchev–Trinajstić information content (AvgIpc) is 1.95. The van der Waals surface area contributed by atoms with Crippen molar-refractivity contribution in [3.05, 3.63) is 11.6 Å². The van der Waals surface area contributed by atoms with Crippen molar-refractivity contribution in [2.75, 3.05) is 0 Å². The minimum absolute atomic E-state index is 0.00611. The highest BCUT2D eigenvalue weighted by atomic mass is 16.4. The number of carboxylic acid groups (broad SMARTS) is 1. The fourth-order valence-corrected chi connectivity index (χ4v) is 1.80. The molecule has 0 saturated carbocycles. The van der Waals surface area contributed by atoms with E-state index in [1.807, 2.05) is 20.8 Å². The second-order valence-electron chi connectivity index (χ2n) is 4.41. The number of carbonyl (C=O) groups is 1. The molecule has 2 unspecified atom stereocenters. The highest BCUT2D eigenvalue weighted by molar-refractivity contribution is 5.87. The summed E-state index contributed by atoms with van der Waals surface area (Å²) < 4.78 is 0. The third kappa shape index (κ3) is 1.91. The van der Waals surface area contributed by atoms with E-state index in [4.69, 9.17) is 5.11 Å². The molecule has 74 valence electrons. The van der Waals surface area contributed by atoms with Crippen molar-refractivity contribution in [3.63, 3.8) is 0 Å². The first kappa shape index (κ1) is 10.3. The second-order valence-corrected chi connectivity index (χ2v) is 4.41. The largest absolute Gasteiger partial charge is 0.478 e. The topological polar surface area (TPSA) is 57.5 Å². The van der Waals surface area contributed by atoms with Gasteiger partial charge in [0.15, 0.2) is 0 Å². The Morgan fingerprint density at radius 2 is 2.15 bits per heavy atom. The van der Waals surface area contributed by atoms with E-state index < -0.39 is 12.1 Å². The standard InChI is InChI=1S/C10H16O3/c1-6-8(9(12)13)4-7(11)5-10(6,2)3/h4,6-7,11H,5H2,1-3H3,(H,12,13). The van der Waals surface area contributed by atoms with Crippen molar-refractivity contribution in [2.24, 2.45) is 11.3 Å². The maximum Gasteiger partial charge on any atom is 0.331 e. The quantitative estimate of drug-likeness (QED) is 0.648. The molecule has 0 amide bonds. The van der Waals surface area contributed by atoms with E-state index in [1.165, 1.54) is 6.08 Å². The fraction of sp³-hybridized carbons (Fsp3) is 0.700. The van der Waals surface area contributed by atoms with E-state index in [1.54, 1.807) is 0 Å². The number of hydrogen-bond donors (Lipinski definition) is 2. The normalized spacial score (nSPS) is 32.5. The number of carboxylic acids is 1. The van der Waals surface area contributed by atoms with Crippen molar-refractivity contribution >= 4 is 5.97 Å². The third-order valence-electron chi connectivity index (χ3n) is 2.99. The van der Waals surface area contributed by atoms with Crippen molar-refractivity contribution in [1.82, 2.24) is 0 Å². The Kier molecular flexibility index (Phi) is 2.48. The van der Waals surface area contributed by atoms with Gasteiger partial charge in [-0.3, -0.25) is 0 Å². The van der Waals surface area contributed by atoms with E-state index >= 15 is 0 Å². The molecule has 13 heavy (non-hydrogen) atoms. The summed E-state index contributed by atoms with van der Waals surface area (Å²) in [6, 6.07) is 0. The zero-order valence-corrected chi connectivity index (χ0v) is 8.24. The maximum atomic E-state index is 10.8. The number of aliphatic hydroxyl groups is 1. The molecule has 2 N–H and O–H groups in total. The Morgan fingerprint density at radius 3 is 2.62 bits per heavy atom. The molecule has 0 aromatic rings. The highest BCUT2D eigenvalue weighted by Crippen LogP contribution is 2.40. The molecule has 1 aliphatic carbocycles. The minimum atomic E-state index is -0.917. The summed E-state index contributed by atoms with van der Waals surface area (Å²) in [6.07, 6.45) is 1.47. The minimum Gasteiger partial charge on any atom is -0.478 e. The molecule has 0 aromatic carbocycles. The fourth-order valence-electron chi connectivity index (χ4n) is 1.80. The molecule has 0 heterocycles. The average molecular weight is 184 g/mol. The molecule has 0 radical (unpaired) electrons. The maximum absolute atomic E-state index is 10.8. The molecule has 0 aliphatic heterocycles. The van der Waals surface area contributed by atoms with Gasteiger partial charge in [-0.05, 0) is 23.8 Å². The Balaban J connectivity index is 3.01. The summed E-state index contributed by atoms with van der Waals surface area (Å²) in [5.41, 5.74) is 0.200. The lowest BCUT2D eigenvalue weighted by atomic mass is 9.68. The van der Waals surface area contributed by atoms with Crippen LogP contribution in [0.3, 0.4) is 0 Å². The lowest BCUT2D eigenvalue weighted by Crippen LogP contribution is -2.34. The van der Waals surface area contributed by atoms with Crippen LogP contribution in [-0.2, 0) is 4.79 Å². The number of aliphatic carboxylic acids is 1. The molecular weight excluding hydrogens is 168 g/mol. The van der Waals surface area contributed by atoms with Crippen molar-refractivity contribution in [3.8, 4) is 0 Å². The summed E-state index contributed by atoms with van der Waals surface area (Å²) >= 11 is 0. The molecule has 0 aromatic heterocycles. The van der Waals surface area contributed by atoms with E-state index in [0.717, 1.165) is 0 Å². The molecule has 1 aliphatic rings. The first-order chi connectivity index (χ1) is 5.84. The SMILES string of the molecule is CC1C(C(=O)O)=CC(O)CC1(C)C. The molecule has 0 bridgehead atoms. The Bertz CT molecular complexity index is 253. The molecule has 0 saturated heterocycles. The van der Waals surface area contributed by atoms with Gasteiger partial charge in [0.05, 0.1) is 6.10 Å². The van der Waals surface area contributed by atoms with Gasteiger partial charge in [0.2, 0.25) is 0 Å². The number of hydrogen-bond acceptors (Lipinski definition) is 2. The van der Waals surface area contributed by atoms with Crippen molar-refractivity contribution in [2.45, 2.75) is 33.3 Å². The predicted octanol–water partition coefficient (Wildman–Crippen LogP) is 1.42. The van der Waals surface area contributed by atoms with Gasteiger partial charge < -0.3 is 10.2 Å². The van der Waals surface area contributed by atoms with Crippen LogP contribution in [0.25, 0.3) is 0 Å². The zero-order valence-electron chi connectivity index (χ0n) is 8.24. The summed E-state index contributed by atoms with van der Waals surface area (Å²) in [5.74, 6) is -0.923. The van der Waals surface area contributed by atoms with Gasteiger partial charge in [0.1, 0.15) is 0 Å². The second kappa shape index (κ2) is 3.14.